The van der Waals surface area contributed by atoms with Gasteiger partial charge in [0, 0.05) is 8.95 Å². The molecule has 0 atom stereocenters. The van der Waals surface area contributed by atoms with E-state index in [1.165, 1.54) is 0 Å². The summed E-state index contributed by atoms with van der Waals surface area (Å²) in [6.07, 6.45) is 0.0361. The Morgan fingerprint density at radius 3 is 2.30 bits per heavy atom. The topological polar surface area (TPSA) is 29.1 Å². The van der Waals surface area contributed by atoms with Gasteiger partial charge in [-0.3, -0.25) is 4.79 Å². The fraction of sp³-hybridized carbons (Fsp3) is 0.0714. The smallest absolute Gasteiger partial charge is 0.228 e. The number of anilines is 1. The molecular weight excluding hydrogens is 396 g/mol. The molecule has 0 aliphatic carbocycles. The number of amides is 1. The third-order valence-electron chi connectivity index (χ3n) is 2.53. The minimum absolute atomic E-state index is 0.0361. The number of nitrogens with one attached hydrogen (secondary N) is 1. The Kier molecular flexibility index (Phi) is 4.88. The van der Waals surface area contributed by atoms with E-state index in [2.05, 4.69) is 37.2 Å². The van der Waals surface area contributed by atoms with Crippen molar-refractivity contribution in [3.05, 3.63) is 62.5 Å². The average Bonchev–Trinajstić information content (AvgIpc) is 2.33. The molecule has 1 amide bonds. The molecule has 0 fully saturated rings. The zero-order valence-corrected chi connectivity index (χ0v) is 13.3. The first kappa shape index (κ1) is 15.1. The highest BCUT2D eigenvalue weighted by atomic mass is 79.9. The molecule has 0 unspecified atom stereocenters. The number of carbonyl (C=O) groups excluding carboxylic acids is 1. The highest BCUT2D eigenvalue weighted by Gasteiger charge is 2.13. The van der Waals surface area contributed by atoms with Gasteiger partial charge in [0.05, 0.1) is 6.42 Å². The van der Waals surface area contributed by atoms with Gasteiger partial charge in [0.1, 0.15) is 5.69 Å². The van der Waals surface area contributed by atoms with Gasteiger partial charge in [0.25, 0.3) is 0 Å². The van der Waals surface area contributed by atoms with Crippen molar-refractivity contribution in [2.45, 2.75) is 6.42 Å². The van der Waals surface area contributed by atoms with Gasteiger partial charge in [0.15, 0.2) is 11.6 Å². The van der Waals surface area contributed by atoms with E-state index in [9.17, 15) is 13.6 Å². The maximum absolute atomic E-state index is 13.6. The van der Waals surface area contributed by atoms with Crippen LogP contribution in [0.2, 0.25) is 0 Å². The lowest BCUT2D eigenvalue weighted by Gasteiger charge is -2.08. The zero-order valence-electron chi connectivity index (χ0n) is 10.1. The molecule has 0 spiro atoms. The molecule has 104 valence electrons. The zero-order chi connectivity index (χ0) is 14.7. The maximum atomic E-state index is 13.6. The lowest BCUT2D eigenvalue weighted by atomic mass is 10.1. The van der Waals surface area contributed by atoms with Crippen molar-refractivity contribution in [1.29, 1.82) is 0 Å². The normalized spacial score (nSPS) is 10.4. The molecule has 6 heteroatoms. The molecular formula is C14H9Br2F2NO. The summed E-state index contributed by atoms with van der Waals surface area (Å²) >= 11 is 6.27. The largest absolute Gasteiger partial charge is 0.321 e. The molecule has 20 heavy (non-hydrogen) atoms. The molecule has 2 rings (SSSR count). The van der Waals surface area contributed by atoms with Gasteiger partial charge in [-0.25, -0.2) is 8.78 Å². The van der Waals surface area contributed by atoms with E-state index in [1.807, 2.05) is 6.07 Å². The lowest BCUT2D eigenvalue weighted by Crippen LogP contribution is -2.16. The van der Waals surface area contributed by atoms with Crippen LogP contribution in [0.25, 0.3) is 0 Å². The molecule has 0 aliphatic heterocycles. The number of hydrogen-bond donors (Lipinski definition) is 1. The van der Waals surface area contributed by atoms with Gasteiger partial charge in [-0.15, -0.1) is 0 Å². The van der Waals surface area contributed by atoms with Gasteiger partial charge in [0.2, 0.25) is 5.91 Å². The molecule has 0 bridgehead atoms. The van der Waals surface area contributed by atoms with E-state index in [1.54, 1.807) is 18.2 Å². The SMILES string of the molecule is O=C(Cc1cccc(Br)c1)Nc1c(F)cc(Br)cc1F. The van der Waals surface area contributed by atoms with Crippen molar-refractivity contribution >= 4 is 43.5 Å². The van der Waals surface area contributed by atoms with Crippen molar-refractivity contribution in [2.75, 3.05) is 5.32 Å². The van der Waals surface area contributed by atoms with Crippen LogP contribution in [-0.4, -0.2) is 5.91 Å². The van der Waals surface area contributed by atoms with Crippen molar-refractivity contribution in [1.82, 2.24) is 0 Å². The summed E-state index contributed by atoms with van der Waals surface area (Å²) in [5.41, 5.74) is 0.308. The predicted octanol–water partition coefficient (Wildman–Crippen LogP) is 4.67. The third-order valence-corrected chi connectivity index (χ3v) is 3.48. The van der Waals surface area contributed by atoms with E-state index < -0.39 is 23.2 Å². The summed E-state index contributed by atoms with van der Waals surface area (Å²) in [5, 5.41) is 2.25. The number of carbonyl (C=O) groups is 1. The Morgan fingerprint density at radius 2 is 1.70 bits per heavy atom. The Hall–Kier alpha value is -1.27. The van der Waals surface area contributed by atoms with E-state index >= 15 is 0 Å². The Bertz CT molecular complexity index is 638. The summed E-state index contributed by atoms with van der Waals surface area (Å²) in [6, 6.07) is 9.34. The highest BCUT2D eigenvalue weighted by Crippen LogP contribution is 2.24. The van der Waals surface area contributed by atoms with Crippen LogP contribution in [0.1, 0.15) is 5.56 Å². The fourth-order valence-corrected chi connectivity index (χ4v) is 2.53. The minimum atomic E-state index is -0.820. The standard InChI is InChI=1S/C14H9Br2F2NO/c15-9-3-1-2-8(4-9)5-13(20)19-14-11(17)6-10(16)7-12(14)18/h1-4,6-7H,5H2,(H,19,20). The second-order valence-electron chi connectivity index (χ2n) is 4.10. The Morgan fingerprint density at radius 1 is 1.05 bits per heavy atom. The third kappa shape index (κ3) is 3.86. The van der Waals surface area contributed by atoms with Crippen molar-refractivity contribution < 1.29 is 13.6 Å². The highest BCUT2D eigenvalue weighted by molar-refractivity contribution is 9.10. The van der Waals surface area contributed by atoms with Gasteiger partial charge in [-0.1, -0.05) is 44.0 Å². The van der Waals surface area contributed by atoms with Crippen LogP contribution in [0, 0.1) is 11.6 Å². The molecule has 0 heterocycles. The summed E-state index contributed by atoms with van der Waals surface area (Å²) in [6.45, 7) is 0. The van der Waals surface area contributed by atoms with E-state index in [-0.39, 0.29) is 10.9 Å². The number of rotatable bonds is 3. The molecule has 0 aliphatic rings. The first-order valence-electron chi connectivity index (χ1n) is 5.64. The number of benzene rings is 2. The first-order valence-corrected chi connectivity index (χ1v) is 7.23. The predicted molar refractivity (Wildman–Crippen MR) is 80.5 cm³/mol. The average molecular weight is 405 g/mol. The van der Waals surface area contributed by atoms with Crippen LogP contribution < -0.4 is 5.32 Å². The van der Waals surface area contributed by atoms with Crippen molar-refractivity contribution in [3.8, 4) is 0 Å². The monoisotopic (exact) mass is 403 g/mol. The van der Waals surface area contributed by atoms with Crippen LogP contribution >= 0.6 is 31.9 Å². The van der Waals surface area contributed by atoms with Crippen LogP contribution in [0.4, 0.5) is 14.5 Å². The summed E-state index contributed by atoms with van der Waals surface area (Å²) in [7, 11) is 0. The summed E-state index contributed by atoms with van der Waals surface area (Å²) < 4.78 is 28.3. The van der Waals surface area contributed by atoms with E-state index in [0.717, 1.165) is 22.2 Å². The summed E-state index contributed by atoms with van der Waals surface area (Å²) in [4.78, 5) is 11.8. The maximum Gasteiger partial charge on any atom is 0.228 e. The Balaban J connectivity index is 2.13. The molecule has 0 saturated carbocycles. The quantitative estimate of drug-likeness (QED) is 0.791. The molecule has 2 aromatic carbocycles. The molecule has 1 N–H and O–H groups in total. The van der Waals surface area contributed by atoms with E-state index in [0.29, 0.717) is 0 Å². The minimum Gasteiger partial charge on any atom is -0.321 e. The van der Waals surface area contributed by atoms with Gasteiger partial charge < -0.3 is 5.32 Å². The molecule has 0 radical (unpaired) electrons. The number of halogens is 4. The van der Waals surface area contributed by atoms with Crippen LogP contribution in [0.15, 0.2) is 45.3 Å². The second kappa shape index (κ2) is 6.45. The molecule has 2 aromatic rings. The molecule has 0 saturated heterocycles. The van der Waals surface area contributed by atoms with Crippen molar-refractivity contribution in [2.24, 2.45) is 0 Å². The molecule has 0 aromatic heterocycles. The second-order valence-corrected chi connectivity index (χ2v) is 5.93. The van der Waals surface area contributed by atoms with Crippen LogP contribution in [0.3, 0.4) is 0 Å². The van der Waals surface area contributed by atoms with Gasteiger partial charge in [-0.2, -0.15) is 0 Å². The molecule has 2 nitrogen and oxygen atoms in total. The lowest BCUT2D eigenvalue weighted by molar-refractivity contribution is -0.115. The van der Waals surface area contributed by atoms with E-state index in [4.69, 9.17) is 0 Å². The Labute approximate surface area is 131 Å². The van der Waals surface area contributed by atoms with Gasteiger partial charge >= 0.3 is 0 Å². The van der Waals surface area contributed by atoms with Crippen LogP contribution in [-0.2, 0) is 11.2 Å². The number of hydrogen-bond acceptors (Lipinski definition) is 1. The summed E-state index contributed by atoms with van der Waals surface area (Å²) in [5.74, 6) is -2.12. The van der Waals surface area contributed by atoms with Crippen molar-refractivity contribution in [3.63, 3.8) is 0 Å². The fourth-order valence-electron chi connectivity index (χ4n) is 1.68. The van der Waals surface area contributed by atoms with Gasteiger partial charge in [-0.05, 0) is 29.8 Å². The first-order chi connectivity index (χ1) is 9.45. The van der Waals surface area contributed by atoms with Crippen LogP contribution in [0.5, 0.6) is 0 Å².